The molecule has 0 unspecified atom stereocenters. The lowest BCUT2D eigenvalue weighted by Gasteiger charge is -2.06. The maximum atomic E-state index is 9.23. The first-order valence-electron chi connectivity index (χ1n) is 5.22. The van der Waals surface area contributed by atoms with Crippen molar-refractivity contribution in [3.63, 3.8) is 0 Å². The molecule has 0 bridgehead atoms. The van der Waals surface area contributed by atoms with Crippen molar-refractivity contribution in [2.45, 2.75) is 26.6 Å². The Morgan fingerprint density at radius 1 is 1.33 bits per heavy atom. The molecule has 3 N–H and O–H groups in total. The number of aliphatic hydroxyl groups is 1. The quantitative estimate of drug-likeness (QED) is 0.798. The third-order valence-electron chi connectivity index (χ3n) is 2.77. The molecule has 3 nitrogen and oxygen atoms in total. The van der Waals surface area contributed by atoms with Gasteiger partial charge in [-0.05, 0) is 30.0 Å². The average Bonchev–Trinajstić information content (AvgIpc) is 2.65. The highest BCUT2D eigenvalue weighted by molar-refractivity contribution is 5.82. The van der Waals surface area contributed by atoms with Gasteiger partial charge in [0.05, 0.1) is 6.61 Å². The number of hydrogen-bond donors (Lipinski definition) is 2. The fraction of sp³-hybridized carbons (Fsp3) is 0.333. The topological polar surface area (TPSA) is 51.2 Å². The van der Waals surface area contributed by atoms with Crippen molar-refractivity contribution in [3.8, 4) is 0 Å². The van der Waals surface area contributed by atoms with E-state index in [0.29, 0.717) is 6.54 Å². The van der Waals surface area contributed by atoms with Gasteiger partial charge in [-0.15, -0.1) is 0 Å². The SMILES string of the molecule is CCn1c(CO)cc2ccc(CN)cc21. The molecule has 0 radical (unpaired) electrons. The Hall–Kier alpha value is -1.32. The van der Waals surface area contributed by atoms with E-state index in [-0.39, 0.29) is 6.61 Å². The van der Waals surface area contributed by atoms with Crippen molar-refractivity contribution in [3.05, 3.63) is 35.5 Å². The summed E-state index contributed by atoms with van der Waals surface area (Å²) < 4.78 is 2.12. The van der Waals surface area contributed by atoms with E-state index in [9.17, 15) is 5.11 Å². The molecule has 2 aromatic rings. The van der Waals surface area contributed by atoms with Crippen LogP contribution in [-0.2, 0) is 19.7 Å². The fourth-order valence-corrected chi connectivity index (χ4v) is 1.99. The normalized spacial score (nSPS) is 11.1. The minimum Gasteiger partial charge on any atom is -0.390 e. The van der Waals surface area contributed by atoms with E-state index in [2.05, 4.69) is 23.6 Å². The highest BCUT2D eigenvalue weighted by atomic mass is 16.3. The van der Waals surface area contributed by atoms with Crippen LogP contribution in [0.15, 0.2) is 24.3 Å². The summed E-state index contributed by atoms with van der Waals surface area (Å²) in [6, 6.07) is 8.21. The van der Waals surface area contributed by atoms with Gasteiger partial charge < -0.3 is 15.4 Å². The lowest BCUT2D eigenvalue weighted by Crippen LogP contribution is -2.01. The van der Waals surface area contributed by atoms with E-state index in [1.165, 1.54) is 0 Å². The number of aromatic nitrogens is 1. The molecule has 1 heterocycles. The summed E-state index contributed by atoms with van der Waals surface area (Å²) in [5.41, 5.74) is 8.85. The predicted molar refractivity (Wildman–Crippen MR) is 61.4 cm³/mol. The highest BCUT2D eigenvalue weighted by Crippen LogP contribution is 2.21. The van der Waals surface area contributed by atoms with Crippen LogP contribution in [0.1, 0.15) is 18.2 Å². The predicted octanol–water partition coefficient (Wildman–Crippen LogP) is 1.61. The first kappa shape index (κ1) is 10.2. The van der Waals surface area contributed by atoms with E-state index >= 15 is 0 Å². The molecule has 0 aliphatic rings. The van der Waals surface area contributed by atoms with Crippen LogP contribution in [0.25, 0.3) is 10.9 Å². The number of aryl methyl sites for hydroxylation is 1. The van der Waals surface area contributed by atoms with Gasteiger partial charge in [0.15, 0.2) is 0 Å². The van der Waals surface area contributed by atoms with Crippen LogP contribution in [0, 0.1) is 0 Å². The van der Waals surface area contributed by atoms with Gasteiger partial charge in [-0.2, -0.15) is 0 Å². The summed E-state index contributed by atoms with van der Waals surface area (Å²) in [5, 5.41) is 10.4. The van der Waals surface area contributed by atoms with Crippen LogP contribution in [0.3, 0.4) is 0 Å². The van der Waals surface area contributed by atoms with Gasteiger partial charge in [0, 0.05) is 24.3 Å². The van der Waals surface area contributed by atoms with Crippen molar-refractivity contribution in [2.75, 3.05) is 0 Å². The van der Waals surface area contributed by atoms with Gasteiger partial charge in [0.25, 0.3) is 0 Å². The van der Waals surface area contributed by atoms with Crippen LogP contribution in [0.4, 0.5) is 0 Å². The second-order valence-electron chi connectivity index (χ2n) is 3.64. The summed E-state index contributed by atoms with van der Waals surface area (Å²) in [4.78, 5) is 0. The zero-order chi connectivity index (χ0) is 10.8. The second kappa shape index (κ2) is 4.04. The smallest absolute Gasteiger partial charge is 0.0833 e. The Labute approximate surface area is 89.1 Å². The minimum absolute atomic E-state index is 0.0838. The average molecular weight is 204 g/mol. The number of fused-ring (bicyclic) bond motifs is 1. The minimum atomic E-state index is 0.0838. The molecule has 0 saturated carbocycles. The van der Waals surface area contributed by atoms with Crippen molar-refractivity contribution >= 4 is 10.9 Å². The lowest BCUT2D eigenvalue weighted by molar-refractivity contribution is 0.272. The van der Waals surface area contributed by atoms with Crippen molar-refractivity contribution < 1.29 is 5.11 Å². The first-order valence-corrected chi connectivity index (χ1v) is 5.22. The fourth-order valence-electron chi connectivity index (χ4n) is 1.99. The van der Waals surface area contributed by atoms with Gasteiger partial charge in [-0.3, -0.25) is 0 Å². The van der Waals surface area contributed by atoms with Crippen molar-refractivity contribution in [1.82, 2.24) is 4.57 Å². The van der Waals surface area contributed by atoms with E-state index < -0.39 is 0 Å². The maximum absolute atomic E-state index is 9.23. The van der Waals surface area contributed by atoms with E-state index in [1.807, 2.05) is 12.1 Å². The monoisotopic (exact) mass is 204 g/mol. The molecule has 0 aliphatic heterocycles. The Balaban J connectivity index is 2.67. The van der Waals surface area contributed by atoms with Gasteiger partial charge in [-0.25, -0.2) is 0 Å². The summed E-state index contributed by atoms with van der Waals surface area (Å²) in [6.07, 6.45) is 0. The summed E-state index contributed by atoms with van der Waals surface area (Å²) in [6.45, 7) is 3.58. The lowest BCUT2D eigenvalue weighted by atomic mass is 10.1. The van der Waals surface area contributed by atoms with Crippen molar-refractivity contribution in [1.29, 1.82) is 0 Å². The Kier molecular flexibility index (Phi) is 2.75. The number of nitrogens with two attached hydrogens (primary N) is 1. The Morgan fingerprint density at radius 2 is 2.13 bits per heavy atom. The number of aliphatic hydroxyl groups excluding tert-OH is 1. The number of hydrogen-bond acceptors (Lipinski definition) is 2. The molecule has 1 aromatic carbocycles. The molecule has 0 saturated heterocycles. The molecule has 1 aromatic heterocycles. The zero-order valence-electron chi connectivity index (χ0n) is 8.90. The molecule has 0 amide bonds. The van der Waals surface area contributed by atoms with Crippen LogP contribution in [-0.4, -0.2) is 9.67 Å². The molecule has 2 rings (SSSR count). The zero-order valence-corrected chi connectivity index (χ0v) is 8.90. The van der Waals surface area contributed by atoms with Crippen molar-refractivity contribution in [2.24, 2.45) is 5.73 Å². The molecular formula is C12H16N2O. The Bertz CT molecular complexity index is 474. The van der Waals surface area contributed by atoms with Crippen LogP contribution in [0.5, 0.6) is 0 Å². The van der Waals surface area contributed by atoms with E-state index in [0.717, 1.165) is 28.7 Å². The molecule has 0 spiro atoms. The van der Waals surface area contributed by atoms with Crippen LogP contribution in [0.2, 0.25) is 0 Å². The number of rotatable bonds is 3. The third kappa shape index (κ3) is 1.64. The molecule has 0 fully saturated rings. The van der Waals surface area contributed by atoms with Crippen LogP contribution < -0.4 is 5.73 Å². The standard InChI is InChI=1S/C12H16N2O/c1-2-14-11(8-15)6-10-4-3-9(7-13)5-12(10)14/h3-6,15H,2,7-8,13H2,1H3. The maximum Gasteiger partial charge on any atom is 0.0833 e. The molecule has 3 heteroatoms. The molecule has 0 aliphatic carbocycles. The summed E-state index contributed by atoms with van der Waals surface area (Å²) >= 11 is 0. The second-order valence-corrected chi connectivity index (χ2v) is 3.64. The third-order valence-corrected chi connectivity index (χ3v) is 2.77. The summed E-state index contributed by atoms with van der Waals surface area (Å²) in [7, 11) is 0. The van der Waals surface area contributed by atoms with Gasteiger partial charge >= 0.3 is 0 Å². The Morgan fingerprint density at radius 3 is 2.73 bits per heavy atom. The molecule has 15 heavy (non-hydrogen) atoms. The van der Waals surface area contributed by atoms with Crippen LogP contribution >= 0.6 is 0 Å². The molecule has 80 valence electrons. The molecular weight excluding hydrogens is 188 g/mol. The van der Waals surface area contributed by atoms with Gasteiger partial charge in [0.1, 0.15) is 0 Å². The largest absolute Gasteiger partial charge is 0.390 e. The van der Waals surface area contributed by atoms with Gasteiger partial charge in [-0.1, -0.05) is 12.1 Å². The van der Waals surface area contributed by atoms with Gasteiger partial charge in [0.2, 0.25) is 0 Å². The summed E-state index contributed by atoms with van der Waals surface area (Å²) in [5.74, 6) is 0. The number of benzene rings is 1. The highest BCUT2D eigenvalue weighted by Gasteiger charge is 2.06. The first-order chi connectivity index (χ1) is 7.30. The van der Waals surface area contributed by atoms with E-state index in [1.54, 1.807) is 0 Å². The van der Waals surface area contributed by atoms with E-state index in [4.69, 9.17) is 5.73 Å². The molecule has 0 atom stereocenters. The number of nitrogens with zero attached hydrogens (tertiary/aromatic N) is 1.